The Morgan fingerprint density at radius 3 is 2.64 bits per heavy atom. The van der Waals surface area contributed by atoms with E-state index in [4.69, 9.17) is 4.74 Å². The Balaban J connectivity index is 1.71. The first-order chi connectivity index (χ1) is 13.2. The van der Waals surface area contributed by atoms with Crippen molar-refractivity contribution in [2.45, 2.75) is 58.0 Å². The normalized spacial score (nSPS) is 57.2. The van der Waals surface area contributed by atoms with Gasteiger partial charge in [-0.15, -0.1) is 0 Å². The van der Waals surface area contributed by atoms with E-state index in [1.165, 1.54) is 4.90 Å². The van der Waals surface area contributed by atoms with Crippen LogP contribution in [0.25, 0.3) is 0 Å². The Bertz CT molecular complexity index is 781. The maximum atomic E-state index is 14.2. The van der Waals surface area contributed by atoms with Crippen molar-refractivity contribution in [2.75, 3.05) is 13.7 Å². The van der Waals surface area contributed by atoms with Gasteiger partial charge in [-0.3, -0.25) is 9.59 Å². The molecule has 0 bridgehead atoms. The predicted molar refractivity (Wildman–Crippen MR) is 101 cm³/mol. The van der Waals surface area contributed by atoms with Crippen molar-refractivity contribution in [1.29, 1.82) is 0 Å². The SMILES string of the molecule is C[C@@H]1CC[C@@H]2[C@H](C=C[C@H]3[C@@H]4[C@H](C)O[C@@]5(O)[C@H](CO)N(C)C(=O)[C@@]45C(=O)[C@@]23C)C1. The first-order valence-corrected chi connectivity index (χ1v) is 10.7. The van der Waals surface area contributed by atoms with Gasteiger partial charge in [-0.25, -0.2) is 0 Å². The Hall–Kier alpha value is -1.24. The number of rotatable bonds is 1. The van der Waals surface area contributed by atoms with Crippen molar-refractivity contribution >= 4 is 11.7 Å². The highest BCUT2D eigenvalue weighted by atomic mass is 16.6. The molecule has 2 heterocycles. The Morgan fingerprint density at radius 2 is 1.96 bits per heavy atom. The predicted octanol–water partition coefficient (Wildman–Crippen LogP) is 1.36. The summed E-state index contributed by atoms with van der Waals surface area (Å²) in [5.74, 6) is -1.89. The van der Waals surface area contributed by atoms with E-state index in [0.717, 1.165) is 19.3 Å². The summed E-state index contributed by atoms with van der Waals surface area (Å²) in [5.41, 5.74) is -2.30. The number of carbonyl (C=O) groups excluding carboxylic acids is 2. The van der Waals surface area contributed by atoms with E-state index < -0.39 is 47.2 Å². The lowest BCUT2D eigenvalue weighted by atomic mass is 9.55. The summed E-state index contributed by atoms with van der Waals surface area (Å²) in [6.45, 7) is 5.70. The summed E-state index contributed by atoms with van der Waals surface area (Å²) in [4.78, 5) is 29.1. The minimum absolute atomic E-state index is 0.131. The quantitative estimate of drug-likeness (QED) is 0.522. The number of Topliss-reactive ketones (excluding diaryl/α,β-unsaturated/α-hetero) is 1. The minimum atomic E-state index is -1.97. The zero-order chi connectivity index (χ0) is 20.2. The second kappa shape index (κ2) is 5.46. The highest BCUT2D eigenvalue weighted by Gasteiger charge is 2.87. The number of aliphatic hydroxyl groups is 2. The van der Waals surface area contributed by atoms with Crippen molar-refractivity contribution in [1.82, 2.24) is 4.90 Å². The van der Waals surface area contributed by atoms with Crippen molar-refractivity contribution < 1.29 is 24.5 Å². The lowest BCUT2D eigenvalue weighted by Gasteiger charge is -2.49. The molecule has 5 aliphatic rings. The topological polar surface area (TPSA) is 87.1 Å². The largest absolute Gasteiger partial charge is 0.394 e. The third-order valence-corrected chi connectivity index (χ3v) is 9.11. The van der Waals surface area contributed by atoms with E-state index in [1.54, 1.807) is 7.05 Å². The molecule has 0 radical (unpaired) electrons. The van der Waals surface area contributed by atoms with Crippen LogP contribution < -0.4 is 0 Å². The molecule has 2 saturated carbocycles. The van der Waals surface area contributed by atoms with E-state index >= 15 is 0 Å². The van der Waals surface area contributed by atoms with Crippen LogP contribution in [0.3, 0.4) is 0 Å². The molecule has 28 heavy (non-hydrogen) atoms. The molecule has 1 spiro atoms. The van der Waals surface area contributed by atoms with Crippen LogP contribution in [0.1, 0.15) is 40.0 Å². The van der Waals surface area contributed by atoms with Crippen LogP contribution in [0.15, 0.2) is 12.2 Å². The van der Waals surface area contributed by atoms with E-state index in [0.29, 0.717) is 11.8 Å². The fraction of sp³-hybridized carbons (Fsp3) is 0.818. The van der Waals surface area contributed by atoms with Crippen molar-refractivity contribution in [3.05, 3.63) is 12.2 Å². The van der Waals surface area contributed by atoms with E-state index in [1.807, 2.05) is 13.8 Å². The zero-order valence-electron chi connectivity index (χ0n) is 17.1. The standard InChI is InChI=1S/C22H31NO5/c1-11-5-7-14-13(9-11)6-8-15-17-12(2)28-22(27)16(10-24)23(4)19(26)21(17,22)18(25)20(14,15)3/h6,8,11-17,24,27H,5,7,9-10H2,1-4H3/t11-,12+,13-,14-,15+,16+,17+,20+,21+,22+/m1/s1. The Kier molecular flexibility index (Phi) is 3.66. The van der Waals surface area contributed by atoms with Gasteiger partial charge in [-0.2, -0.15) is 0 Å². The Morgan fingerprint density at radius 1 is 1.25 bits per heavy atom. The molecule has 4 fully saturated rings. The summed E-state index contributed by atoms with van der Waals surface area (Å²) in [5, 5.41) is 21.6. The first-order valence-electron chi connectivity index (χ1n) is 10.7. The molecular formula is C22H31NO5. The molecule has 0 aromatic rings. The third kappa shape index (κ3) is 1.70. The van der Waals surface area contributed by atoms with Crippen LogP contribution in [-0.4, -0.2) is 58.4 Å². The molecule has 2 N–H and O–H groups in total. The van der Waals surface area contributed by atoms with Crippen LogP contribution in [0.5, 0.6) is 0 Å². The molecule has 2 aliphatic heterocycles. The number of hydrogen-bond donors (Lipinski definition) is 2. The summed E-state index contributed by atoms with van der Waals surface area (Å²) < 4.78 is 5.97. The number of ketones is 1. The van der Waals surface area contributed by atoms with Gasteiger partial charge in [0.1, 0.15) is 6.04 Å². The zero-order valence-corrected chi connectivity index (χ0v) is 17.1. The summed E-state index contributed by atoms with van der Waals surface area (Å²) >= 11 is 0. The summed E-state index contributed by atoms with van der Waals surface area (Å²) in [6.07, 6.45) is 7.09. The fourth-order valence-corrected chi connectivity index (χ4v) is 7.91. The third-order valence-electron chi connectivity index (χ3n) is 9.11. The summed E-state index contributed by atoms with van der Waals surface area (Å²) in [6, 6.07) is -0.925. The van der Waals surface area contributed by atoms with Gasteiger partial charge in [0, 0.05) is 18.4 Å². The molecule has 2 saturated heterocycles. The van der Waals surface area contributed by atoms with Gasteiger partial charge in [-0.05, 0) is 43.4 Å². The Labute approximate surface area is 165 Å². The van der Waals surface area contributed by atoms with Crippen LogP contribution in [0.2, 0.25) is 0 Å². The lowest BCUT2D eigenvalue weighted by Crippen LogP contribution is -2.58. The lowest BCUT2D eigenvalue weighted by molar-refractivity contribution is -0.240. The molecule has 0 aromatic heterocycles. The number of nitrogens with zero attached hydrogens (tertiary/aromatic N) is 1. The van der Waals surface area contributed by atoms with Gasteiger partial charge >= 0.3 is 0 Å². The van der Waals surface area contributed by atoms with Crippen molar-refractivity contribution in [3.8, 4) is 0 Å². The highest BCUT2D eigenvalue weighted by Crippen LogP contribution is 2.72. The molecule has 1 amide bonds. The first kappa shape index (κ1) is 18.8. The van der Waals surface area contributed by atoms with Gasteiger partial charge in [0.25, 0.3) is 0 Å². The number of fused-ring (bicyclic) bond motifs is 4. The second-order valence-corrected chi connectivity index (χ2v) is 10.2. The molecule has 0 unspecified atom stereocenters. The molecule has 6 heteroatoms. The number of amides is 1. The molecule has 3 aliphatic carbocycles. The van der Waals surface area contributed by atoms with Gasteiger partial charge < -0.3 is 19.8 Å². The number of hydrogen-bond acceptors (Lipinski definition) is 5. The van der Waals surface area contributed by atoms with Crippen LogP contribution in [-0.2, 0) is 14.3 Å². The van der Waals surface area contributed by atoms with E-state index in [9.17, 15) is 19.8 Å². The number of allylic oxidation sites excluding steroid dienone is 2. The van der Waals surface area contributed by atoms with Gasteiger partial charge in [-0.1, -0.05) is 32.4 Å². The number of likely N-dealkylation sites (N-methyl/N-ethyl adjacent to an activating group) is 1. The molecule has 0 aromatic carbocycles. The number of ether oxygens (including phenoxy) is 1. The maximum Gasteiger partial charge on any atom is 0.242 e. The fourth-order valence-electron chi connectivity index (χ4n) is 7.91. The van der Waals surface area contributed by atoms with Crippen molar-refractivity contribution in [3.63, 3.8) is 0 Å². The van der Waals surface area contributed by atoms with Gasteiger partial charge in [0.05, 0.1) is 12.7 Å². The number of aliphatic hydroxyl groups excluding tert-OH is 1. The average Bonchev–Trinajstić information content (AvgIpc) is 3.07. The van der Waals surface area contributed by atoms with E-state index in [-0.39, 0.29) is 17.6 Å². The molecular weight excluding hydrogens is 358 g/mol. The number of likely N-dealkylation sites (tertiary alicyclic amines) is 1. The summed E-state index contributed by atoms with van der Waals surface area (Å²) in [7, 11) is 1.55. The molecule has 10 atom stereocenters. The molecule has 154 valence electrons. The van der Waals surface area contributed by atoms with Gasteiger partial charge in [0.15, 0.2) is 11.2 Å². The second-order valence-electron chi connectivity index (χ2n) is 10.2. The smallest absolute Gasteiger partial charge is 0.242 e. The molecule has 6 nitrogen and oxygen atoms in total. The van der Waals surface area contributed by atoms with Crippen LogP contribution >= 0.6 is 0 Å². The minimum Gasteiger partial charge on any atom is -0.394 e. The highest BCUT2D eigenvalue weighted by molar-refractivity contribution is 6.14. The number of carbonyl (C=O) groups is 2. The maximum absolute atomic E-state index is 14.2. The van der Waals surface area contributed by atoms with E-state index in [2.05, 4.69) is 19.1 Å². The average molecular weight is 389 g/mol. The molecule has 5 rings (SSSR count). The van der Waals surface area contributed by atoms with Crippen LogP contribution in [0, 0.1) is 40.4 Å². The van der Waals surface area contributed by atoms with Crippen LogP contribution in [0.4, 0.5) is 0 Å². The van der Waals surface area contributed by atoms with Gasteiger partial charge in [0.2, 0.25) is 11.7 Å². The van der Waals surface area contributed by atoms with Crippen molar-refractivity contribution in [2.24, 2.45) is 40.4 Å². The monoisotopic (exact) mass is 389 g/mol.